The van der Waals surface area contributed by atoms with Crippen molar-refractivity contribution >= 4 is 5.91 Å². The fourth-order valence-corrected chi connectivity index (χ4v) is 2.31. The predicted molar refractivity (Wildman–Crippen MR) is 81.4 cm³/mol. The second kappa shape index (κ2) is 6.50. The number of carbonyl (C=O) groups excluding carboxylic acids is 1. The topological polar surface area (TPSA) is 55.1 Å². The normalized spacial score (nSPS) is 12.1. The van der Waals surface area contributed by atoms with Gasteiger partial charge in [-0.05, 0) is 43.2 Å². The van der Waals surface area contributed by atoms with Gasteiger partial charge in [-0.2, -0.15) is 0 Å². The molecule has 0 bridgehead atoms. The van der Waals surface area contributed by atoms with Gasteiger partial charge in [0, 0.05) is 23.7 Å². The lowest BCUT2D eigenvalue weighted by Crippen LogP contribution is -2.20. The summed E-state index contributed by atoms with van der Waals surface area (Å²) < 4.78 is 13.8. The van der Waals surface area contributed by atoms with Gasteiger partial charge in [0.05, 0.1) is 0 Å². The summed E-state index contributed by atoms with van der Waals surface area (Å²) in [5.41, 5.74) is 8.33. The van der Waals surface area contributed by atoms with Crippen LogP contribution in [0.1, 0.15) is 40.0 Å². The van der Waals surface area contributed by atoms with E-state index >= 15 is 0 Å². The number of halogens is 1. The van der Waals surface area contributed by atoms with Crippen LogP contribution < -0.4 is 11.1 Å². The van der Waals surface area contributed by atoms with Gasteiger partial charge in [0.15, 0.2) is 0 Å². The molecule has 0 saturated heterocycles. The number of nitrogens with one attached hydrogen (secondary N) is 1. The molecule has 3 N–H and O–H groups in total. The maximum Gasteiger partial charge on any atom is 0.248 e. The fourth-order valence-electron chi connectivity index (χ4n) is 2.31. The first-order valence-corrected chi connectivity index (χ1v) is 6.86. The van der Waals surface area contributed by atoms with Crippen LogP contribution in [0.25, 0.3) is 0 Å². The molecule has 0 saturated carbocycles. The first kappa shape index (κ1) is 15.2. The van der Waals surface area contributed by atoms with Gasteiger partial charge < -0.3 is 11.1 Å². The molecule has 2 aromatic rings. The Morgan fingerprint density at radius 3 is 2.67 bits per heavy atom. The van der Waals surface area contributed by atoms with Crippen LogP contribution in [0.4, 0.5) is 4.39 Å². The van der Waals surface area contributed by atoms with Crippen LogP contribution in [0.15, 0.2) is 42.5 Å². The third-order valence-electron chi connectivity index (χ3n) is 3.58. The molecule has 1 amide bonds. The Hall–Kier alpha value is -2.20. The van der Waals surface area contributed by atoms with Crippen LogP contribution in [0.3, 0.4) is 0 Å². The maximum atomic E-state index is 13.8. The monoisotopic (exact) mass is 286 g/mol. The summed E-state index contributed by atoms with van der Waals surface area (Å²) in [5, 5.41) is 3.27. The Morgan fingerprint density at radius 2 is 2.00 bits per heavy atom. The summed E-state index contributed by atoms with van der Waals surface area (Å²) in [5.74, 6) is -0.896. The zero-order valence-electron chi connectivity index (χ0n) is 12.2. The zero-order chi connectivity index (χ0) is 15.4. The van der Waals surface area contributed by atoms with Crippen molar-refractivity contribution in [3.05, 3.63) is 70.5 Å². The van der Waals surface area contributed by atoms with Crippen molar-refractivity contribution < 1.29 is 9.18 Å². The van der Waals surface area contributed by atoms with Gasteiger partial charge in [0.2, 0.25) is 5.91 Å². The number of hydrogen-bond acceptors (Lipinski definition) is 2. The molecule has 0 spiro atoms. The van der Waals surface area contributed by atoms with Gasteiger partial charge in [0.25, 0.3) is 0 Å². The molecule has 0 aliphatic rings. The molecule has 0 radical (unpaired) electrons. The molecule has 0 fully saturated rings. The number of benzene rings is 2. The molecule has 0 heterocycles. The molecule has 21 heavy (non-hydrogen) atoms. The average molecular weight is 286 g/mol. The van der Waals surface area contributed by atoms with Gasteiger partial charge >= 0.3 is 0 Å². The van der Waals surface area contributed by atoms with Crippen LogP contribution in [-0.4, -0.2) is 5.91 Å². The molecule has 1 atom stereocenters. The van der Waals surface area contributed by atoms with E-state index in [1.54, 1.807) is 0 Å². The van der Waals surface area contributed by atoms with Gasteiger partial charge in [-0.1, -0.05) is 24.3 Å². The standard InChI is InChI=1S/C17H19FN2O/c1-11-5-3-4-6-15(11)12(2)20-10-14-9-13(17(19)21)7-8-16(14)18/h3-9,12,20H,10H2,1-2H3,(H2,19,21)/t12-/m0/s1. The number of carbonyl (C=O) groups is 1. The molecule has 0 aliphatic heterocycles. The van der Waals surface area contributed by atoms with E-state index in [4.69, 9.17) is 5.73 Å². The lowest BCUT2D eigenvalue weighted by atomic mass is 10.0. The van der Waals surface area contributed by atoms with E-state index in [9.17, 15) is 9.18 Å². The highest BCUT2D eigenvalue weighted by Gasteiger charge is 2.10. The van der Waals surface area contributed by atoms with Crippen molar-refractivity contribution in [2.24, 2.45) is 5.73 Å². The number of amides is 1. The van der Waals surface area contributed by atoms with Crippen molar-refractivity contribution in [3.63, 3.8) is 0 Å². The Labute approximate surface area is 124 Å². The molecule has 110 valence electrons. The van der Waals surface area contributed by atoms with E-state index in [1.807, 2.05) is 38.1 Å². The second-order valence-electron chi connectivity index (χ2n) is 5.13. The minimum Gasteiger partial charge on any atom is -0.366 e. The Bertz CT molecular complexity index is 655. The SMILES string of the molecule is Cc1ccccc1[C@H](C)NCc1cc(C(N)=O)ccc1F. The van der Waals surface area contributed by atoms with E-state index < -0.39 is 5.91 Å². The Morgan fingerprint density at radius 1 is 1.29 bits per heavy atom. The summed E-state index contributed by atoms with van der Waals surface area (Å²) in [6, 6.07) is 12.3. The van der Waals surface area contributed by atoms with Crippen LogP contribution in [0.2, 0.25) is 0 Å². The molecule has 0 aromatic heterocycles. The number of aryl methyl sites for hydroxylation is 1. The lowest BCUT2D eigenvalue weighted by Gasteiger charge is -2.17. The molecule has 2 rings (SSSR count). The predicted octanol–water partition coefficient (Wildman–Crippen LogP) is 3.08. The van der Waals surface area contributed by atoms with Crippen LogP contribution in [0.5, 0.6) is 0 Å². The molecule has 3 nitrogen and oxygen atoms in total. The summed E-state index contributed by atoms with van der Waals surface area (Å²) in [6.45, 7) is 4.41. The third-order valence-corrected chi connectivity index (χ3v) is 3.58. The molecular weight excluding hydrogens is 267 g/mol. The molecular formula is C17H19FN2O. The van der Waals surface area contributed by atoms with Gasteiger partial charge in [-0.25, -0.2) is 4.39 Å². The first-order valence-electron chi connectivity index (χ1n) is 6.86. The number of primary amides is 1. The Kier molecular flexibility index (Phi) is 4.70. The van der Waals surface area contributed by atoms with E-state index in [0.29, 0.717) is 17.7 Å². The summed E-state index contributed by atoms with van der Waals surface area (Å²) in [4.78, 5) is 11.1. The quantitative estimate of drug-likeness (QED) is 0.887. The van der Waals surface area contributed by atoms with E-state index in [0.717, 1.165) is 0 Å². The molecule has 2 aromatic carbocycles. The van der Waals surface area contributed by atoms with E-state index in [2.05, 4.69) is 5.32 Å². The van der Waals surface area contributed by atoms with E-state index in [-0.39, 0.29) is 11.9 Å². The van der Waals surface area contributed by atoms with Crippen molar-refractivity contribution in [1.29, 1.82) is 0 Å². The highest BCUT2D eigenvalue weighted by Crippen LogP contribution is 2.18. The van der Waals surface area contributed by atoms with Crippen LogP contribution >= 0.6 is 0 Å². The minimum atomic E-state index is -0.553. The summed E-state index contributed by atoms with van der Waals surface area (Å²) in [6.07, 6.45) is 0. The lowest BCUT2D eigenvalue weighted by molar-refractivity contribution is 0.1000. The van der Waals surface area contributed by atoms with Gasteiger partial charge in [-0.3, -0.25) is 4.79 Å². The molecule has 0 aliphatic carbocycles. The van der Waals surface area contributed by atoms with Gasteiger partial charge in [-0.15, -0.1) is 0 Å². The van der Waals surface area contributed by atoms with Crippen molar-refractivity contribution in [3.8, 4) is 0 Å². The fraction of sp³-hybridized carbons (Fsp3) is 0.235. The smallest absolute Gasteiger partial charge is 0.248 e. The molecule has 0 unspecified atom stereocenters. The first-order chi connectivity index (χ1) is 9.99. The van der Waals surface area contributed by atoms with Crippen LogP contribution in [-0.2, 0) is 6.54 Å². The minimum absolute atomic E-state index is 0.0860. The van der Waals surface area contributed by atoms with Crippen LogP contribution in [0, 0.1) is 12.7 Å². The number of nitrogens with two attached hydrogens (primary N) is 1. The highest BCUT2D eigenvalue weighted by molar-refractivity contribution is 5.92. The maximum absolute atomic E-state index is 13.8. The van der Waals surface area contributed by atoms with Crippen molar-refractivity contribution in [2.75, 3.05) is 0 Å². The Balaban J connectivity index is 2.11. The van der Waals surface area contributed by atoms with Crippen molar-refractivity contribution in [1.82, 2.24) is 5.32 Å². The number of rotatable bonds is 5. The number of hydrogen-bond donors (Lipinski definition) is 2. The van der Waals surface area contributed by atoms with E-state index in [1.165, 1.54) is 29.3 Å². The van der Waals surface area contributed by atoms with Crippen molar-refractivity contribution in [2.45, 2.75) is 26.4 Å². The summed E-state index contributed by atoms with van der Waals surface area (Å²) in [7, 11) is 0. The zero-order valence-corrected chi connectivity index (χ0v) is 12.2. The average Bonchev–Trinajstić information content (AvgIpc) is 2.46. The summed E-state index contributed by atoms with van der Waals surface area (Å²) >= 11 is 0. The largest absolute Gasteiger partial charge is 0.366 e. The van der Waals surface area contributed by atoms with Gasteiger partial charge in [0.1, 0.15) is 5.82 Å². The third kappa shape index (κ3) is 3.67. The second-order valence-corrected chi connectivity index (χ2v) is 5.13. The molecule has 4 heteroatoms. The highest BCUT2D eigenvalue weighted by atomic mass is 19.1.